The van der Waals surface area contributed by atoms with E-state index in [0.717, 1.165) is 30.5 Å². The number of halogens is 3. The molecule has 0 aliphatic heterocycles. The summed E-state index contributed by atoms with van der Waals surface area (Å²) in [4.78, 5) is 10.4. The van der Waals surface area contributed by atoms with Crippen LogP contribution in [0.15, 0.2) is 36.4 Å². The van der Waals surface area contributed by atoms with Gasteiger partial charge in [-0.15, -0.1) is 0 Å². The smallest absolute Gasteiger partial charge is 0.303 e. The molecule has 0 saturated carbocycles. The molecule has 0 spiro atoms. The number of carbonyl (C=O) groups is 1. The lowest BCUT2D eigenvalue weighted by Crippen LogP contribution is -1.95. The van der Waals surface area contributed by atoms with Crippen LogP contribution in [-0.4, -0.2) is 11.1 Å². The van der Waals surface area contributed by atoms with Crippen LogP contribution < -0.4 is 0 Å². The molecule has 0 heterocycles. The Balaban J connectivity index is 0.00000158. The van der Waals surface area contributed by atoms with E-state index >= 15 is 0 Å². The number of aryl methyl sites for hydroxylation is 1. The molecule has 27 heavy (non-hydrogen) atoms. The maximum atomic E-state index is 14.2. The SMILES string of the molecule is CC.CC.O=C(O)CCCCCc1ccc(-c2ccc(F)c(F)c2)c(F)c1. The number of carboxylic acid groups (broad SMARTS) is 1. The van der Waals surface area contributed by atoms with Gasteiger partial charge in [-0.1, -0.05) is 52.3 Å². The van der Waals surface area contributed by atoms with Crippen molar-refractivity contribution in [2.24, 2.45) is 0 Å². The predicted molar refractivity (Wildman–Crippen MR) is 104 cm³/mol. The van der Waals surface area contributed by atoms with Crippen molar-refractivity contribution < 1.29 is 23.1 Å². The van der Waals surface area contributed by atoms with E-state index in [1.807, 2.05) is 27.7 Å². The van der Waals surface area contributed by atoms with Gasteiger partial charge in [0.05, 0.1) is 0 Å². The first-order chi connectivity index (χ1) is 13.0. The summed E-state index contributed by atoms with van der Waals surface area (Å²) >= 11 is 0. The maximum Gasteiger partial charge on any atom is 0.303 e. The molecule has 0 radical (unpaired) electrons. The highest BCUT2D eigenvalue weighted by Gasteiger charge is 2.09. The summed E-state index contributed by atoms with van der Waals surface area (Å²) in [5.41, 5.74) is 1.30. The Morgan fingerprint density at radius 1 is 0.815 bits per heavy atom. The first-order valence-electron chi connectivity index (χ1n) is 9.43. The maximum absolute atomic E-state index is 14.2. The second-order valence-corrected chi connectivity index (χ2v) is 5.40. The summed E-state index contributed by atoms with van der Waals surface area (Å²) < 4.78 is 40.3. The van der Waals surface area contributed by atoms with Crippen molar-refractivity contribution >= 4 is 5.97 Å². The minimum atomic E-state index is -1.01. The third-order valence-corrected chi connectivity index (χ3v) is 3.62. The Kier molecular flexibility index (Phi) is 12.7. The van der Waals surface area contributed by atoms with Crippen molar-refractivity contribution in [3.8, 4) is 11.1 Å². The average Bonchev–Trinajstić information content (AvgIpc) is 2.67. The number of aliphatic carboxylic acids is 1. The van der Waals surface area contributed by atoms with Gasteiger partial charge in [-0.25, -0.2) is 13.2 Å². The van der Waals surface area contributed by atoms with Gasteiger partial charge in [0.1, 0.15) is 5.82 Å². The van der Waals surface area contributed by atoms with Gasteiger partial charge in [0, 0.05) is 12.0 Å². The molecule has 2 rings (SSSR count). The van der Waals surface area contributed by atoms with Crippen molar-refractivity contribution in [2.45, 2.75) is 59.8 Å². The van der Waals surface area contributed by atoms with Gasteiger partial charge in [-0.2, -0.15) is 0 Å². The normalized spacial score (nSPS) is 9.59. The number of hydrogen-bond acceptors (Lipinski definition) is 1. The molecule has 1 N–H and O–H groups in total. The number of rotatable bonds is 7. The molecule has 0 aliphatic rings. The van der Waals surface area contributed by atoms with Gasteiger partial charge in [0.15, 0.2) is 11.6 Å². The molecule has 5 heteroatoms. The van der Waals surface area contributed by atoms with Crippen molar-refractivity contribution in [3.63, 3.8) is 0 Å². The van der Waals surface area contributed by atoms with Crippen molar-refractivity contribution in [1.29, 1.82) is 0 Å². The Morgan fingerprint density at radius 2 is 1.48 bits per heavy atom. The van der Waals surface area contributed by atoms with Crippen LogP contribution in [0.4, 0.5) is 13.2 Å². The highest BCUT2D eigenvalue weighted by molar-refractivity contribution is 5.66. The molecular weight excluding hydrogens is 353 g/mol. The van der Waals surface area contributed by atoms with Crippen LogP contribution in [0.25, 0.3) is 11.1 Å². The molecule has 0 bridgehead atoms. The van der Waals surface area contributed by atoms with E-state index in [0.29, 0.717) is 12.8 Å². The predicted octanol–water partition coefficient (Wildman–Crippen LogP) is 7.01. The largest absolute Gasteiger partial charge is 0.481 e. The second-order valence-electron chi connectivity index (χ2n) is 5.40. The highest BCUT2D eigenvalue weighted by Crippen LogP contribution is 2.25. The van der Waals surface area contributed by atoms with E-state index in [4.69, 9.17) is 5.11 Å². The van der Waals surface area contributed by atoms with Crippen LogP contribution in [-0.2, 0) is 11.2 Å². The van der Waals surface area contributed by atoms with Gasteiger partial charge in [0.25, 0.3) is 0 Å². The number of hydrogen-bond donors (Lipinski definition) is 1. The van der Waals surface area contributed by atoms with E-state index in [2.05, 4.69) is 0 Å². The molecule has 2 nitrogen and oxygen atoms in total. The van der Waals surface area contributed by atoms with Gasteiger partial charge < -0.3 is 5.11 Å². The summed E-state index contributed by atoms with van der Waals surface area (Å²) in [5, 5.41) is 8.54. The topological polar surface area (TPSA) is 37.3 Å². The number of benzene rings is 2. The fraction of sp³-hybridized carbons (Fsp3) is 0.409. The molecule has 0 amide bonds. The number of carboxylic acids is 1. The lowest BCUT2D eigenvalue weighted by molar-refractivity contribution is -0.137. The zero-order chi connectivity index (χ0) is 20.8. The third-order valence-electron chi connectivity index (χ3n) is 3.62. The van der Waals surface area contributed by atoms with E-state index in [9.17, 15) is 18.0 Å². The fourth-order valence-corrected chi connectivity index (χ4v) is 2.39. The van der Waals surface area contributed by atoms with Crippen LogP contribution in [0.5, 0.6) is 0 Å². The summed E-state index contributed by atoms with van der Waals surface area (Å²) in [6.45, 7) is 8.00. The highest BCUT2D eigenvalue weighted by atomic mass is 19.2. The Bertz CT molecular complexity index is 700. The van der Waals surface area contributed by atoms with Crippen LogP contribution in [0.2, 0.25) is 0 Å². The summed E-state index contributed by atoms with van der Waals surface area (Å²) in [5.74, 6) is -3.28. The van der Waals surface area contributed by atoms with Gasteiger partial charge in [0.2, 0.25) is 0 Å². The van der Waals surface area contributed by atoms with Crippen LogP contribution in [0.1, 0.15) is 58.9 Å². The number of unbranched alkanes of at least 4 members (excludes halogenated alkanes) is 2. The molecule has 0 atom stereocenters. The van der Waals surface area contributed by atoms with Crippen molar-refractivity contribution in [1.82, 2.24) is 0 Å². The second kappa shape index (κ2) is 13.8. The summed E-state index contributed by atoms with van der Waals surface area (Å²) in [6.07, 6.45) is 2.93. The minimum absolute atomic E-state index is 0.142. The van der Waals surface area contributed by atoms with E-state index in [-0.39, 0.29) is 17.5 Å². The fourth-order valence-electron chi connectivity index (χ4n) is 2.39. The summed E-state index contributed by atoms with van der Waals surface area (Å²) in [6, 6.07) is 7.96. The van der Waals surface area contributed by atoms with Crippen molar-refractivity contribution in [3.05, 3.63) is 59.4 Å². The Hall–Kier alpha value is -2.30. The van der Waals surface area contributed by atoms with Crippen LogP contribution in [0.3, 0.4) is 0 Å². The quantitative estimate of drug-likeness (QED) is 0.523. The molecule has 0 unspecified atom stereocenters. The van der Waals surface area contributed by atoms with Crippen molar-refractivity contribution in [2.75, 3.05) is 0 Å². The first-order valence-corrected chi connectivity index (χ1v) is 9.43. The molecule has 0 saturated heterocycles. The molecule has 0 fully saturated rings. The average molecular weight is 382 g/mol. The minimum Gasteiger partial charge on any atom is -0.481 e. The lowest BCUT2D eigenvalue weighted by Gasteiger charge is -2.07. The van der Waals surface area contributed by atoms with E-state index in [1.54, 1.807) is 12.1 Å². The third kappa shape index (κ3) is 8.76. The zero-order valence-corrected chi connectivity index (χ0v) is 16.5. The molecule has 150 valence electrons. The molecule has 0 aromatic heterocycles. The molecule has 2 aromatic carbocycles. The Labute approximate surface area is 160 Å². The van der Waals surface area contributed by atoms with Gasteiger partial charge >= 0.3 is 5.97 Å². The first kappa shape index (κ1) is 24.7. The molecule has 2 aromatic rings. The monoisotopic (exact) mass is 382 g/mol. The van der Waals surface area contributed by atoms with Crippen LogP contribution >= 0.6 is 0 Å². The lowest BCUT2D eigenvalue weighted by atomic mass is 10.00. The zero-order valence-electron chi connectivity index (χ0n) is 16.5. The standard InChI is InChI=1S/C18H17F3O2.2C2H6/c19-15-9-7-13(11-17(15)21)14-8-6-12(10-16(14)20)4-2-1-3-5-18(22)23;2*1-2/h6-11H,1-5H2,(H,22,23);2*1-2H3. The summed E-state index contributed by atoms with van der Waals surface area (Å²) in [7, 11) is 0. The Morgan fingerprint density at radius 3 is 2.04 bits per heavy atom. The van der Waals surface area contributed by atoms with E-state index in [1.165, 1.54) is 12.1 Å². The molecule has 0 aliphatic carbocycles. The molecular formula is C22H29F3O2. The van der Waals surface area contributed by atoms with Gasteiger partial charge in [-0.05, 0) is 48.6 Å². The van der Waals surface area contributed by atoms with Crippen LogP contribution in [0, 0.1) is 17.5 Å². The van der Waals surface area contributed by atoms with E-state index < -0.39 is 23.4 Å². The van der Waals surface area contributed by atoms with Gasteiger partial charge in [-0.3, -0.25) is 4.79 Å².